The van der Waals surface area contributed by atoms with Crippen LogP contribution in [0.4, 0.5) is 0 Å². The van der Waals surface area contributed by atoms with E-state index in [0.29, 0.717) is 18.1 Å². The minimum Gasteiger partial charge on any atom is -0.506 e. The summed E-state index contributed by atoms with van der Waals surface area (Å²) < 4.78 is 6.13. The number of phenols is 1. The van der Waals surface area contributed by atoms with Gasteiger partial charge in [0.05, 0.1) is 11.2 Å². The van der Waals surface area contributed by atoms with Gasteiger partial charge in [0.2, 0.25) is 0 Å². The van der Waals surface area contributed by atoms with E-state index in [1.54, 1.807) is 6.21 Å². The fourth-order valence-corrected chi connectivity index (χ4v) is 3.75. The Labute approximate surface area is 203 Å². The Morgan fingerprint density at radius 2 is 1.76 bits per heavy atom. The van der Waals surface area contributed by atoms with Crippen LogP contribution in [0, 0.1) is 0 Å². The number of carbonyl (C=O) groups excluding carboxylic acids is 1. The van der Waals surface area contributed by atoms with E-state index in [-0.39, 0.29) is 10.8 Å². The number of phenolic OH excluding ortho intramolecular Hbond substituents is 1. The van der Waals surface area contributed by atoms with Crippen molar-refractivity contribution in [2.45, 2.75) is 26.4 Å². The number of nitrogens with zero attached hydrogens (tertiary/aromatic N) is 1. The van der Waals surface area contributed by atoms with E-state index in [1.807, 2.05) is 36.4 Å². The molecule has 0 heterocycles. The Kier molecular flexibility index (Phi) is 7.14. The van der Waals surface area contributed by atoms with E-state index < -0.39 is 5.91 Å². The molecule has 0 aliphatic carbocycles. The van der Waals surface area contributed by atoms with E-state index in [9.17, 15) is 9.90 Å². The van der Waals surface area contributed by atoms with Gasteiger partial charge in [-0.05, 0) is 52.8 Å². The molecular weight excluding hydrogens is 448 g/mol. The van der Waals surface area contributed by atoms with E-state index in [1.165, 1.54) is 23.8 Å². The lowest BCUT2D eigenvalue weighted by Crippen LogP contribution is -2.17. The zero-order valence-electron chi connectivity index (χ0n) is 19.0. The molecule has 0 radical (unpaired) electrons. The van der Waals surface area contributed by atoms with Gasteiger partial charge in [-0.2, -0.15) is 5.10 Å². The Morgan fingerprint density at radius 3 is 2.47 bits per heavy atom. The van der Waals surface area contributed by atoms with Crippen LogP contribution in [0.15, 0.2) is 84.0 Å². The average Bonchev–Trinajstić information content (AvgIpc) is 2.85. The Bertz CT molecular complexity index is 1350. The summed E-state index contributed by atoms with van der Waals surface area (Å²) in [5.74, 6) is 0.772. The molecule has 0 aliphatic rings. The molecule has 34 heavy (non-hydrogen) atoms. The highest BCUT2D eigenvalue weighted by atomic mass is 35.5. The van der Waals surface area contributed by atoms with Gasteiger partial charge >= 0.3 is 0 Å². The second-order valence-electron chi connectivity index (χ2n) is 8.25. The first kappa shape index (κ1) is 23.3. The van der Waals surface area contributed by atoms with Crippen molar-refractivity contribution in [3.8, 4) is 11.5 Å². The molecule has 0 saturated carbocycles. The fourth-order valence-electron chi connectivity index (χ4n) is 3.57. The molecule has 0 fully saturated rings. The second-order valence-corrected chi connectivity index (χ2v) is 8.66. The first-order valence-electron chi connectivity index (χ1n) is 11.0. The van der Waals surface area contributed by atoms with Crippen molar-refractivity contribution < 1.29 is 14.6 Å². The third-order valence-electron chi connectivity index (χ3n) is 5.54. The van der Waals surface area contributed by atoms with Gasteiger partial charge in [-0.1, -0.05) is 74.0 Å². The summed E-state index contributed by atoms with van der Waals surface area (Å²) in [5.41, 5.74) is 6.05. The molecule has 4 rings (SSSR count). The van der Waals surface area contributed by atoms with Gasteiger partial charge in [0.1, 0.15) is 18.1 Å². The molecule has 5 nitrogen and oxygen atoms in total. The standard InChI is InChI=1S/C28H25ClN2O3/c1-18(2)20-9-7-19(8-10-20)17-34-27-14-12-22(23-5-3-4-6-24(23)27)16-30-31-28(33)21-11-13-26(32)25(29)15-21/h3-16,18,32H,17H2,1-2H3,(H,31,33)/b30-16+. The molecule has 0 aromatic heterocycles. The lowest BCUT2D eigenvalue weighted by molar-refractivity contribution is 0.0955. The van der Waals surface area contributed by atoms with Crippen LogP contribution in [-0.2, 0) is 6.61 Å². The fraction of sp³-hybridized carbons (Fsp3) is 0.143. The monoisotopic (exact) mass is 472 g/mol. The van der Waals surface area contributed by atoms with Crippen molar-refractivity contribution in [1.29, 1.82) is 0 Å². The lowest BCUT2D eigenvalue weighted by Gasteiger charge is -2.12. The van der Waals surface area contributed by atoms with Crippen molar-refractivity contribution in [3.63, 3.8) is 0 Å². The number of halogens is 1. The SMILES string of the molecule is CC(C)c1ccc(COc2ccc(/C=N/NC(=O)c3ccc(O)c(Cl)c3)c3ccccc23)cc1. The first-order chi connectivity index (χ1) is 16.4. The maximum atomic E-state index is 12.3. The minimum atomic E-state index is -0.425. The third-order valence-corrected chi connectivity index (χ3v) is 5.84. The van der Waals surface area contributed by atoms with E-state index in [4.69, 9.17) is 16.3 Å². The second kappa shape index (κ2) is 10.4. The van der Waals surface area contributed by atoms with E-state index >= 15 is 0 Å². The number of hydrogen-bond donors (Lipinski definition) is 2. The number of amides is 1. The van der Waals surface area contributed by atoms with Crippen LogP contribution in [0.1, 0.15) is 46.8 Å². The molecule has 4 aromatic rings. The molecule has 172 valence electrons. The highest BCUT2D eigenvalue weighted by Crippen LogP contribution is 2.29. The third kappa shape index (κ3) is 5.38. The number of hydrogen-bond acceptors (Lipinski definition) is 4. The first-order valence-corrected chi connectivity index (χ1v) is 11.4. The van der Waals surface area contributed by atoms with Crippen molar-refractivity contribution in [3.05, 3.63) is 106 Å². The number of carbonyl (C=O) groups is 1. The van der Waals surface area contributed by atoms with Gasteiger partial charge in [-0.3, -0.25) is 4.79 Å². The predicted octanol–water partition coefficient (Wildman–Crippen LogP) is 6.67. The normalized spacial score (nSPS) is 11.3. The zero-order chi connectivity index (χ0) is 24.1. The zero-order valence-corrected chi connectivity index (χ0v) is 19.7. The van der Waals surface area contributed by atoms with Gasteiger partial charge in [0.15, 0.2) is 0 Å². The molecule has 4 aromatic carbocycles. The van der Waals surface area contributed by atoms with Crippen LogP contribution in [0.2, 0.25) is 5.02 Å². The number of aromatic hydroxyl groups is 1. The largest absolute Gasteiger partial charge is 0.506 e. The van der Waals surface area contributed by atoms with Crippen molar-refractivity contribution >= 4 is 34.5 Å². The number of benzene rings is 4. The summed E-state index contributed by atoms with van der Waals surface area (Å²) in [4.78, 5) is 12.3. The highest BCUT2D eigenvalue weighted by Gasteiger charge is 2.09. The van der Waals surface area contributed by atoms with Crippen LogP contribution < -0.4 is 10.2 Å². The summed E-state index contributed by atoms with van der Waals surface area (Å²) in [6.45, 7) is 4.83. The highest BCUT2D eigenvalue weighted by molar-refractivity contribution is 6.32. The molecule has 0 unspecified atom stereocenters. The average molecular weight is 473 g/mol. The van der Waals surface area contributed by atoms with Gasteiger partial charge in [0, 0.05) is 16.5 Å². The van der Waals surface area contributed by atoms with Crippen molar-refractivity contribution in [2.75, 3.05) is 0 Å². The van der Waals surface area contributed by atoms with E-state index in [0.717, 1.165) is 27.6 Å². The predicted molar refractivity (Wildman–Crippen MR) is 137 cm³/mol. The summed E-state index contributed by atoms with van der Waals surface area (Å²) in [5, 5.41) is 15.6. The summed E-state index contributed by atoms with van der Waals surface area (Å²) in [6, 6.07) is 24.4. The van der Waals surface area contributed by atoms with Gasteiger partial charge in [0.25, 0.3) is 5.91 Å². The van der Waals surface area contributed by atoms with Crippen LogP contribution in [0.25, 0.3) is 10.8 Å². The number of rotatable bonds is 7. The molecule has 1 amide bonds. The Morgan fingerprint density at radius 1 is 1.03 bits per heavy atom. The summed E-state index contributed by atoms with van der Waals surface area (Å²) >= 11 is 5.87. The molecule has 0 spiro atoms. The molecule has 0 aliphatic heterocycles. The Balaban J connectivity index is 1.48. The molecule has 2 N–H and O–H groups in total. The summed E-state index contributed by atoms with van der Waals surface area (Å²) in [6.07, 6.45) is 1.59. The van der Waals surface area contributed by atoms with Gasteiger partial charge in [-0.25, -0.2) is 5.43 Å². The lowest BCUT2D eigenvalue weighted by atomic mass is 10.0. The number of ether oxygens (including phenoxy) is 1. The maximum absolute atomic E-state index is 12.3. The maximum Gasteiger partial charge on any atom is 0.271 e. The van der Waals surface area contributed by atoms with E-state index in [2.05, 4.69) is 48.6 Å². The van der Waals surface area contributed by atoms with Gasteiger partial charge < -0.3 is 9.84 Å². The molecule has 6 heteroatoms. The molecule has 0 bridgehead atoms. The number of fused-ring (bicyclic) bond motifs is 1. The van der Waals surface area contributed by atoms with Crippen molar-refractivity contribution in [2.24, 2.45) is 5.10 Å². The molecule has 0 saturated heterocycles. The Hall–Kier alpha value is -3.83. The molecular formula is C28H25ClN2O3. The van der Waals surface area contributed by atoms with Crippen LogP contribution in [-0.4, -0.2) is 17.2 Å². The number of nitrogens with one attached hydrogen (secondary N) is 1. The quantitative estimate of drug-likeness (QED) is 0.233. The van der Waals surface area contributed by atoms with Crippen LogP contribution in [0.3, 0.4) is 0 Å². The van der Waals surface area contributed by atoms with Crippen molar-refractivity contribution in [1.82, 2.24) is 5.43 Å². The summed E-state index contributed by atoms with van der Waals surface area (Å²) in [7, 11) is 0. The van der Waals surface area contributed by atoms with Gasteiger partial charge in [-0.15, -0.1) is 0 Å². The topological polar surface area (TPSA) is 70.9 Å². The molecule has 0 atom stereocenters. The van der Waals surface area contributed by atoms with Crippen LogP contribution >= 0.6 is 11.6 Å². The smallest absolute Gasteiger partial charge is 0.271 e. The minimum absolute atomic E-state index is 0.0805. The van der Waals surface area contributed by atoms with Crippen LogP contribution in [0.5, 0.6) is 11.5 Å². The number of hydrazone groups is 1.